The van der Waals surface area contributed by atoms with Crippen molar-refractivity contribution >= 4 is 39.2 Å². The summed E-state index contributed by atoms with van der Waals surface area (Å²) in [6, 6.07) is 1.99. The van der Waals surface area contributed by atoms with Crippen molar-refractivity contribution in [2.45, 2.75) is 12.3 Å². The minimum absolute atomic E-state index is 0.00423. The van der Waals surface area contributed by atoms with Crippen molar-refractivity contribution < 1.29 is 22.8 Å². The van der Waals surface area contributed by atoms with Gasteiger partial charge in [-0.05, 0) is 40.2 Å². The van der Waals surface area contributed by atoms with Crippen LogP contribution in [0.4, 0.5) is 23.7 Å². The van der Waals surface area contributed by atoms with Gasteiger partial charge in [0, 0.05) is 0 Å². The molecule has 10 heteroatoms. The lowest BCUT2D eigenvalue weighted by molar-refractivity contribution is -0.137. The summed E-state index contributed by atoms with van der Waals surface area (Å²) in [6.07, 6.45) is -3.23. The Bertz CT molecular complexity index is 610. The lowest BCUT2D eigenvalue weighted by Gasteiger charge is -2.13. The van der Waals surface area contributed by atoms with Crippen molar-refractivity contribution in [2.24, 2.45) is 0 Å². The van der Waals surface area contributed by atoms with Gasteiger partial charge in [0.25, 0.3) is 0 Å². The van der Waals surface area contributed by atoms with Crippen LogP contribution in [0.5, 0.6) is 0 Å². The minimum Gasteiger partial charge on any atom is -0.335 e. The molecule has 1 atom stereocenters. The van der Waals surface area contributed by atoms with Gasteiger partial charge in [-0.25, -0.2) is 4.79 Å². The maximum Gasteiger partial charge on any atom is 0.416 e. The number of hydrogen-bond donors (Lipinski definition) is 3. The van der Waals surface area contributed by atoms with E-state index in [4.69, 9.17) is 16.4 Å². The fourth-order valence-electron chi connectivity index (χ4n) is 1.62. The number of alkyl halides is 3. The average Bonchev–Trinajstić information content (AvgIpc) is 2.83. The molecular formula is C12H10BrClF3N3O2. The van der Waals surface area contributed by atoms with Gasteiger partial charge in [0.2, 0.25) is 0 Å². The number of rotatable bonds is 3. The van der Waals surface area contributed by atoms with E-state index in [-0.39, 0.29) is 17.3 Å². The Hall–Kier alpha value is -1.45. The highest BCUT2D eigenvalue weighted by Gasteiger charge is 2.31. The van der Waals surface area contributed by atoms with Gasteiger partial charge >= 0.3 is 12.2 Å². The number of carbonyl (C=O) groups excluding carboxylic acids is 1. The molecule has 0 fully saturated rings. The fourth-order valence-corrected chi connectivity index (χ4v) is 2.17. The molecular weight excluding hydrogens is 391 g/mol. The van der Waals surface area contributed by atoms with Crippen molar-refractivity contribution in [2.75, 3.05) is 11.9 Å². The van der Waals surface area contributed by atoms with Gasteiger partial charge in [-0.2, -0.15) is 13.2 Å². The third-order valence-electron chi connectivity index (χ3n) is 2.65. The monoisotopic (exact) mass is 399 g/mol. The van der Waals surface area contributed by atoms with Gasteiger partial charge in [-0.15, -0.1) is 0 Å². The van der Waals surface area contributed by atoms with E-state index in [1.807, 2.05) is 0 Å². The second kappa shape index (κ2) is 6.76. The normalized spacial score (nSPS) is 17.7. The molecule has 0 saturated carbocycles. The summed E-state index contributed by atoms with van der Waals surface area (Å²) in [5.41, 5.74) is 1.51. The molecule has 2 rings (SSSR count). The van der Waals surface area contributed by atoms with Crippen LogP contribution in [0.2, 0.25) is 5.02 Å². The number of halogens is 5. The summed E-state index contributed by atoms with van der Waals surface area (Å²) in [5.74, 6) is 0. The Morgan fingerprint density at radius 1 is 1.45 bits per heavy atom. The lowest BCUT2D eigenvalue weighted by atomic mass is 10.2. The standard InChI is InChI=1S/C12H10BrClF3N3O2/c13-10-4-7(22-20-10)5-18-11(21)19-9-3-6(12(15,16)17)1-2-8(9)14/h1-4,7,20H,5H2,(H2,18,19,21). The zero-order valence-corrected chi connectivity index (χ0v) is 13.1. The maximum atomic E-state index is 12.6. The fraction of sp³-hybridized carbons (Fsp3) is 0.250. The maximum absolute atomic E-state index is 12.6. The molecule has 1 aliphatic rings. The second-order valence-electron chi connectivity index (χ2n) is 4.30. The second-order valence-corrected chi connectivity index (χ2v) is 5.56. The van der Waals surface area contributed by atoms with Crippen LogP contribution >= 0.6 is 27.5 Å². The van der Waals surface area contributed by atoms with Gasteiger partial charge in [-0.1, -0.05) is 11.6 Å². The molecule has 1 aliphatic heterocycles. The number of hydrogen-bond acceptors (Lipinski definition) is 3. The molecule has 1 unspecified atom stereocenters. The Morgan fingerprint density at radius 2 is 2.18 bits per heavy atom. The van der Waals surface area contributed by atoms with Crippen LogP contribution in [-0.2, 0) is 11.0 Å². The molecule has 0 aromatic heterocycles. The average molecular weight is 401 g/mol. The van der Waals surface area contributed by atoms with Crippen molar-refractivity contribution in [3.8, 4) is 0 Å². The summed E-state index contributed by atoms with van der Waals surface area (Å²) >= 11 is 8.92. The predicted molar refractivity (Wildman–Crippen MR) is 78.5 cm³/mol. The van der Waals surface area contributed by atoms with Crippen LogP contribution in [0.1, 0.15) is 5.56 Å². The minimum atomic E-state index is -4.52. The molecule has 5 nitrogen and oxygen atoms in total. The van der Waals surface area contributed by atoms with Gasteiger partial charge in [0.05, 0.1) is 22.8 Å². The largest absolute Gasteiger partial charge is 0.416 e. The number of anilines is 1. The number of carbonyl (C=O) groups is 1. The topological polar surface area (TPSA) is 62.4 Å². The first-order valence-corrected chi connectivity index (χ1v) is 7.13. The third-order valence-corrected chi connectivity index (χ3v) is 3.40. The van der Waals surface area contributed by atoms with Gasteiger partial charge in [0.1, 0.15) is 10.7 Å². The van der Waals surface area contributed by atoms with Gasteiger partial charge in [-0.3, -0.25) is 10.3 Å². The van der Waals surface area contributed by atoms with Crippen LogP contribution < -0.4 is 16.1 Å². The molecule has 0 spiro atoms. The van der Waals surface area contributed by atoms with E-state index in [0.717, 1.165) is 18.2 Å². The number of urea groups is 1. The van der Waals surface area contributed by atoms with Gasteiger partial charge in [0.15, 0.2) is 0 Å². The quantitative estimate of drug-likeness (QED) is 0.679. The Labute approximate surface area is 136 Å². The number of hydroxylamine groups is 1. The van der Waals surface area contributed by atoms with Crippen LogP contribution in [0.3, 0.4) is 0 Å². The van der Waals surface area contributed by atoms with Crippen LogP contribution in [0.25, 0.3) is 0 Å². The Kier molecular flexibility index (Phi) is 5.20. The van der Waals surface area contributed by atoms with Crippen molar-refractivity contribution in [1.29, 1.82) is 0 Å². The van der Waals surface area contributed by atoms with E-state index >= 15 is 0 Å². The first-order chi connectivity index (χ1) is 10.3. The van der Waals surface area contributed by atoms with E-state index in [9.17, 15) is 18.0 Å². The number of nitrogens with one attached hydrogen (secondary N) is 3. The van der Waals surface area contributed by atoms with Crippen LogP contribution in [0.15, 0.2) is 28.9 Å². The van der Waals surface area contributed by atoms with E-state index in [2.05, 4.69) is 32.0 Å². The highest BCUT2D eigenvalue weighted by atomic mass is 79.9. The summed E-state index contributed by atoms with van der Waals surface area (Å²) in [4.78, 5) is 16.7. The van der Waals surface area contributed by atoms with Crippen molar-refractivity contribution in [3.63, 3.8) is 0 Å². The number of amides is 2. The Balaban J connectivity index is 1.96. The summed E-state index contributed by atoms with van der Waals surface area (Å²) < 4.78 is 38.5. The van der Waals surface area contributed by atoms with E-state index in [1.54, 1.807) is 6.08 Å². The van der Waals surface area contributed by atoms with Gasteiger partial charge < -0.3 is 10.6 Å². The molecule has 3 N–H and O–H groups in total. The molecule has 0 aliphatic carbocycles. The molecule has 1 heterocycles. The van der Waals surface area contributed by atoms with Crippen molar-refractivity contribution in [3.05, 3.63) is 39.5 Å². The third kappa shape index (κ3) is 4.52. The zero-order valence-electron chi connectivity index (χ0n) is 10.8. The van der Waals surface area contributed by atoms with E-state index in [1.165, 1.54) is 0 Å². The molecule has 0 bridgehead atoms. The first-order valence-electron chi connectivity index (χ1n) is 5.96. The molecule has 2 amide bonds. The molecule has 1 aromatic rings. The van der Waals surface area contributed by atoms with Crippen LogP contribution in [0, 0.1) is 0 Å². The summed E-state index contributed by atoms with van der Waals surface area (Å²) in [7, 11) is 0. The van der Waals surface area contributed by atoms with E-state index in [0.29, 0.717) is 4.61 Å². The summed E-state index contributed by atoms with van der Waals surface area (Å²) in [5, 5.41) is 4.73. The number of benzene rings is 1. The molecule has 0 saturated heterocycles. The molecule has 120 valence electrons. The summed E-state index contributed by atoms with van der Waals surface area (Å²) in [6.45, 7) is 0.129. The lowest BCUT2D eigenvalue weighted by Crippen LogP contribution is -2.35. The molecule has 1 aromatic carbocycles. The smallest absolute Gasteiger partial charge is 0.335 e. The highest BCUT2D eigenvalue weighted by Crippen LogP contribution is 2.33. The zero-order chi connectivity index (χ0) is 16.3. The molecule has 22 heavy (non-hydrogen) atoms. The molecule has 0 radical (unpaired) electrons. The predicted octanol–water partition coefficient (Wildman–Crippen LogP) is 3.62. The first kappa shape index (κ1) is 16.9. The van der Waals surface area contributed by atoms with Crippen molar-refractivity contribution in [1.82, 2.24) is 10.8 Å². The highest BCUT2D eigenvalue weighted by molar-refractivity contribution is 9.11. The van der Waals surface area contributed by atoms with Crippen LogP contribution in [-0.4, -0.2) is 18.7 Å². The van der Waals surface area contributed by atoms with E-state index < -0.39 is 23.9 Å². The Morgan fingerprint density at radius 3 is 2.77 bits per heavy atom. The SMILES string of the molecule is O=C(NCC1C=C(Br)NO1)Nc1cc(C(F)(F)F)ccc1Cl.